The lowest BCUT2D eigenvalue weighted by Gasteiger charge is -2.51. The molecule has 0 bridgehead atoms. The SMILES string of the molecule is CC(=O)N[C@H]1[C@H](OC[C@H]2OC(O)[C@H](NC(C)=O)[C@@H](O[C@@H]3O[C@H](CO)[C@H](O)[C@H](O[C@]4(C(=O)O)C[C@H](O)[C@@H](NC(C)=O)[C@H]([C@H](O)[C@H](O)CO)O4)[C@H]3O)[C@H]2O)O[C@H](CO)[C@@H](O[C@@H]2O[C@H](CO)[C@H](O)[C@H](OS(=O)(=O)O)[C@H]2O)[C@@H]1O[C@@H]1O[C@@H](C)[C@@H](O)[C@@H](O)[C@@H]1O. The molecule has 0 aliphatic carbocycles. The second-order valence-electron chi connectivity index (χ2n) is 20.9. The Bertz CT molecular complexity index is 2340. The number of carbonyl (C=O) groups is 4. The molecule has 3 amide bonds. The van der Waals surface area contributed by atoms with Crippen molar-refractivity contribution in [2.75, 3.05) is 33.0 Å². The molecule has 6 fully saturated rings. The van der Waals surface area contributed by atoms with E-state index in [9.17, 15) is 119 Å². The molecular weight excluding hydrogens is 1190 g/mol. The van der Waals surface area contributed by atoms with Crippen LogP contribution in [0.4, 0.5) is 0 Å². The smallest absolute Gasteiger partial charge is 0.397 e. The van der Waals surface area contributed by atoms with Crippen LogP contribution in [0.25, 0.3) is 0 Å². The predicted molar refractivity (Wildman–Crippen MR) is 260 cm³/mol. The Balaban J connectivity index is 1.31. The summed E-state index contributed by atoms with van der Waals surface area (Å²) in [6.45, 7) is -1.52. The Morgan fingerprint density at radius 3 is 1.58 bits per heavy atom. The lowest BCUT2D eigenvalue weighted by Crippen LogP contribution is -2.71. The molecule has 6 saturated heterocycles. The fraction of sp³-hybridized carbons (Fsp3) is 0.911. The number of rotatable bonds is 23. The van der Waals surface area contributed by atoms with Crippen molar-refractivity contribution in [3.63, 3.8) is 0 Å². The number of amides is 3. The Hall–Kier alpha value is -3.33. The van der Waals surface area contributed by atoms with Gasteiger partial charge >= 0.3 is 16.4 Å². The van der Waals surface area contributed by atoms with Crippen LogP contribution >= 0.6 is 0 Å². The van der Waals surface area contributed by atoms with Crippen LogP contribution in [-0.2, 0) is 85.9 Å². The van der Waals surface area contributed by atoms with Gasteiger partial charge in [-0.3, -0.25) is 18.9 Å². The number of carbonyl (C=O) groups excluding carboxylic acids is 3. The van der Waals surface area contributed by atoms with E-state index in [4.69, 9.17) is 52.1 Å². The first-order valence-corrected chi connectivity index (χ1v) is 27.6. The van der Waals surface area contributed by atoms with Crippen LogP contribution in [0.2, 0.25) is 0 Å². The number of hydrogen-bond donors (Lipinski definition) is 21. The molecule has 39 nitrogen and oxygen atoms in total. The Kier molecular flexibility index (Phi) is 24.6. The molecule has 6 heterocycles. The maximum Gasteiger partial charge on any atom is 0.397 e. The topological polar surface area (TPSA) is 613 Å². The highest BCUT2D eigenvalue weighted by Crippen LogP contribution is 2.40. The van der Waals surface area contributed by atoms with Crippen molar-refractivity contribution < 1.29 is 175 Å². The summed E-state index contributed by atoms with van der Waals surface area (Å²) in [5, 5.41) is 191. The minimum Gasteiger partial charge on any atom is -0.477 e. The van der Waals surface area contributed by atoms with E-state index in [1.807, 2.05) is 0 Å². The van der Waals surface area contributed by atoms with Gasteiger partial charge in [0.05, 0.1) is 51.3 Å². The summed E-state index contributed by atoms with van der Waals surface area (Å²) in [4.78, 5) is 50.8. The maximum absolute atomic E-state index is 13.1. The summed E-state index contributed by atoms with van der Waals surface area (Å²) in [5.74, 6) is -8.05. The molecule has 31 atom stereocenters. The fourth-order valence-electron chi connectivity index (χ4n) is 10.5. The van der Waals surface area contributed by atoms with Crippen LogP contribution in [0, 0.1) is 0 Å². The van der Waals surface area contributed by atoms with E-state index in [0.29, 0.717) is 0 Å². The molecule has 0 aromatic carbocycles. The number of hydrogen-bond acceptors (Lipinski definition) is 34. The first-order chi connectivity index (χ1) is 39.7. The first-order valence-electron chi connectivity index (χ1n) is 26.2. The van der Waals surface area contributed by atoms with Crippen molar-refractivity contribution >= 4 is 34.1 Å². The minimum absolute atomic E-state index is 0.846. The zero-order valence-corrected chi connectivity index (χ0v) is 46.2. The van der Waals surface area contributed by atoms with Crippen LogP contribution in [0.15, 0.2) is 0 Å². The van der Waals surface area contributed by atoms with Crippen LogP contribution < -0.4 is 16.0 Å². The number of ether oxygens (including phenoxy) is 11. The van der Waals surface area contributed by atoms with Gasteiger partial charge in [0, 0.05) is 27.2 Å². The van der Waals surface area contributed by atoms with Gasteiger partial charge in [0.2, 0.25) is 17.7 Å². The molecule has 6 rings (SSSR count). The normalized spacial score (nSPS) is 45.2. The fourth-order valence-corrected chi connectivity index (χ4v) is 11.0. The molecule has 492 valence electrons. The third kappa shape index (κ3) is 16.2. The third-order valence-corrected chi connectivity index (χ3v) is 15.2. The number of aliphatic carboxylic acids is 1. The van der Waals surface area contributed by atoms with Gasteiger partial charge in [-0.1, -0.05) is 0 Å². The predicted octanol–water partition coefficient (Wildman–Crippen LogP) is -13.6. The van der Waals surface area contributed by atoms with Crippen LogP contribution in [0.3, 0.4) is 0 Å². The number of carboxylic acid groups (broad SMARTS) is 1. The van der Waals surface area contributed by atoms with Crippen molar-refractivity contribution in [2.24, 2.45) is 0 Å². The number of aliphatic hydroxyl groups excluding tert-OH is 16. The standard InChI is InChI=1S/C45H75N3O36S/c1-11-24(58)29(63)30(64)41(74-11)81-36-23(48-14(4)55)40(78-19(9-52)33(36)79-43-32(66)38(84-85(70,71)72)27(61)18(8-51)77-43)73-10-20-28(62)34(22(39(67)75-20)47-13(3)54)80-42-31(65)37(26(60)17(7-50)76-42)83-45(44(68)69)5-15(56)21(46-12(2)53)35(82-45)25(59)16(57)6-49/h11,15-43,49-52,56-67H,5-10H2,1-4H3,(H,46,53)(H,47,54)(H,48,55)(H,68,69)(H,70,71,72)/t11-,15-,16+,17+,18+,19+,20+,21+,22+,23+,24+,25+,26-,27-,28-,29+,30-,31+,32+,33+,34+,35+,36+,37-,38-,39?,40+,41-,42-,43-,45-/m0/s1. The van der Waals surface area contributed by atoms with Crippen molar-refractivity contribution in [3.8, 4) is 0 Å². The molecule has 0 aromatic heterocycles. The van der Waals surface area contributed by atoms with Crippen molar-refractivity contribution in [1.82, 2.24) is 16.0 Å². The van der Waals surface area contributed by atoms with E-state index >= 15 is 0 Å². The number of nitrogens with one attached hydrogen (secondary N) is 3. The molecule has 6 aliphatic heterocycles. The van der Waals surface area contributed by atoms with E-state index in [-0.39, 0.29) is 0 Å². The molecule has 40 heteroatoms. The molecule has 0 aromatic rings. The third-order valence-electron chi connectivity index (χ3n) is 14.8. The van der Waals surface area contributed by atoms with Gasteiger partial charge < -0.3 is 155 Å². The number of carboxylic acids is 1. The largest absolute Gasteiger partial charge is 0.477 e. The Morgan fingerprint density at radius 1 is 0.565 bits per heavy atom. The first kappa shape index (κ1) is 70.8. The zero-order valence-electron chi connectivity index (χ0n) is 45.4. The van der Waals surface area contributed by atoms with Gasteiger partial charge in [-0.05, 0) is 6.92 Å². The van der Waals surface area contributed by atoms with Gasteiger partial charge in [0.25, 0.3) is 5.79 Å². The van der Waals surface area contributed by atoms with E-state index in [1.165, 1.54) is 6.92 Å². The van der Waals surface area contributed by atoms with E-state index in [0.717, 1.165) is 20.8 Å². The van der Waals surface area contributed by atoms with Crippen LogP contribution in [0.1, 0.15) is 34.1 Å². The second-order valence-corrected chi connectivity index (χ2v) is 22.0. The minimum atomic E-state index is -5.47. The lowest BCUT2D eigenvalue weighted by molar-refractivity contribution is -0.383. The van der Waals surface area contributed by atoms with Gasteiger partial charge in [-0.15, -0.1) is 0 Å². The molecular formula is C45H75N3O36S. The van der Waals surface area contributed by atoms with Gasteiger partial charge in [-0.25, -0.2) is 8.98 Å². The monoisotopic (exact) mass is 1270 g/mol. The average Bonchev–Trinajstić information content (AvgIpc) is 1.16. The lowest BCUT2D eigenvalue weighted by atomic mass is 9.88. The number of aliphatic hydroxyl groups is 16. The molecule has 85 heavy (non-hydrogen) atoms. The maximum atomic E-state index is 13.1. The summed E-state index contributed by atoms with van der Waals surface area (Å²) >= 11 is 0. The molecule has 0 radical (unpaired) electrons. The molecule has 0 saturated carbocycles. The second kappa shape index (κ2) is 29.5. The summed E-state index contributed by atoms with van der Waals surface area (Å²) in [6.07, 6.45) is -57.5. The molecule has 0 spiro atoms. The van der Waals surface area contributed by atoms with E-state index in [1.54, 1.807) is 0 Å². The van der Waals surface area contributed by atoms with Crippen molar-refractivity contribution in [1.29, 1.82) is 0 Å². The summed E-state index contributed by atoms with van der Waals surface area (Å²) in [7, 11) is -5.47. The van der Waals surface area contributed by atoms with E-state index in [2.05, 4.69) is 20.1 Å². The van der Waals surface area contributed by atoms with Crippen molar-refractivity contribution in [2.45, 2.75) is 224 Å². The summed E-state index contributed by atoms with van der Waals surface area (Å²) in [6, 6.07) is -5.43. The van der Waals surface area contributed by atoms with E-state index < -0.39 is 263 Å². The Labute approximate surface area is 481 Å². The Morgan fingerprint density at radius 2 is 1.05 bits per heavy atom. The molecule has 21 N–H and O–H groups in total. The average molecular weight is 1270 g/mol. The molecule has 6 aliphatic rings. The quantitative estimate of drug-likeness (QED) is 0.0422. The highest BCUT2D eigenvalue weighted by molar-refractivity contribution is 7.80. The van der Waals surface area contributed by atoms with Crippen molar-refractivity contribution in [3.05, 3.63) is 0 Å². The summed E-state index contributed by atoms with van der Waals surface area (Å²) in [5.41, 5.74) is 0. The zero-order chi connectivity index (χ0) is 63.5. The molecule has 1 unspecified atom stereocenters. The van der Waals surface area contributed by atoms with Crippen LogP contribution in [-0.4, -0.2) is 346 Å². The van der Waals surface area contributed by atoms with Gasteiger partial charge in [0.1, 0.15) is 134 Å². The highest BCUT2D eigenvalue weighted by Gasteiger charge is 2.61. The van der Waals surface area contributed by atoms with Gasteiger partial charge in [-0.2, -0.15) is 8.42 Å². The summed E-state index contributed by atoms with van der Waals surface area (Å²) < 4.78 is 101. The van der Waals surface area contributed by atoms with Crippen LogP contribution in [0.5, 0.6) is 0 Å². The van der Waals surface area contributed by atoms with Gasteiger partial charge in [0.15, 0.2) is 31.5 Å². The highest BCUT2D eigenvalue weighted by atomic mass is 32.3.